The second-order valence-corrected chi connectivity index (χ2v) is 6.69. The summed E-state index contributed by atoms with van der Waals surface area (Å²) < 4.78 is 44.3. The lowest BCUT2D eigenvalue weighted by atomic mass is 10.3. The third-order valence-corrected chi connectivity index (χ3v) is 4.96. The van der Waals surface area contributed by atoms with Gasteiger partial charge in [0.25, 0.3) is 0 Å². The quantitative estimate of drug-likeness (QED) is 0.875. The molecule has 0 bridgehead atoms. The normalized spacial score (nSPS) is 17.6. The molecule has 0 aromatic heterocycles. The van der Waals surface area contributed by atoms with E-state index in [2.05, 4.69) is 5.32 Å². The van der Waals surface area contributed by atoms with Gasteiger partial charge in [-0.1, -0.05) is 12.1 Å². The summed E-state index contributed by atoms with van der Waals surface area (Å²) in [6.07, 6.45) is 0.799. The Morgan fingerprint density at radius 2 is 2.05 bits per heavy atom. The van der Waals surface area contributed by atoms with Crippen molar-refractivity contribution in [1.82, 2.24) is 9.62 Å². The molecule has 1 heterocycles. The first-order valence-corrected chi connectivity index (χ1v) is 8.26. The van der Waals surface area contributed by atoms with Crippen LogP contribution in [0.3, 0.4) is 0 Å². The third-order valence-electron chi connectivity index (χ3n) is 3.13. The van der Waals surface area contributed by atoms with Gasteiger partial charge in [0, 0.05) is 19.6 Å². The van der Waals surface area contributed by atoms with E-state index in [4.69, 9.17) is 4.74 Å². The van der Waals surface area contributed by atoms with Crippen LogP contribution in [0.4, 0.5) is 4.39 Å². The molecule has 1 N–H and O–H groups in total. The fourth-order valence-electron chi connectivity index (χ4n) is 2.05. The topological polar surface area (TPSA) is 58.6 Å². The fraction of sp³-hybridized carbons (Fsp3) is 0.538. The summed E-state index contributed by atoms with van der Waals surface area (Å²) in [5.41, 5.74) is 0. The molecule has 2 rings (SSSR count). The molecule has 1 aromatic carbocycles. The van der Waals surface area contributed by atoms with Crippen LogP contribution < -0.4 is 10.1 Å². The minimum Gasteiger partial charge on any atom is -0.489 e. The SMILES string of the molecule is O=S(=O)(CCOc1ccccc1F)N1CCCNCC1. The number of ether oxygens (including phenoxy) is 1. The molecule has 0 amide bonds. The highest BCUT2D eigenvalue weighted by Crippen LogP contribution is 2.15. The molecule has 1 aliphatic rings. The molecule has 1 aromatic rings. The Morgan fingerprint density at radius 3 is 2.85 bits per heavy atom. The molecule has 0 unspecified atom stereocenters. The number of benzene rings is 1. The van der Waals surface area contributed by atoms with Crippen LogP contribution in [-0.2, 0) is 10.0 Å². The third kappa shape index (κ3) is 4.16. The lowest BCUT2D eigenvalue weighted by Gasteiger charge is -2.19. The Hall–Kier alpha value is -1.18. The first-order chi connectivity index (χ1) is 9.59. The number of rotatable bonds is 5. The maximum atomic E-state index is 13.3. The van der Waals surface area contributed by atoms with Crippen LogP contribution in [0.25, 0.3) is 0 Å². The predicted octanol–water partition coefficient (Wildman–Crippen LogP) is 0.830. The zero-order valence-corrected chi connectivity index (χ0v) is 12.0. The summed E-state index contributed by atoms with van der Waals surface area (Å²) in [5, 5.41) is 3.15. The van der Waals surface area contributed by atoms with Gasteiger partial charge >= 0.3 is 0 Å². The van der Waals surface area contributed by atoms with Crippen molar-refractivity contribution in [2.75, 3.05) is 38.5 Å². The van der Waals surface area contributed by atoms with Gasteiger partial charge in [0.05, 0.1) is 5.75 Å². The minimum atomic E-state index is -3.34. The van der Waals surface area contributed by atoms with Crippen molar-refractivity contribution in [2.24, 2.45) is 0 Å². The summed E-state index contributed by atoms with van der Waals surface area (Å²) in [7, 11) is -3.34. The van der Waals surface area contributed by atoms with E-state index in [0.29, 0.717) is 19.6 Å². The fourth-order valence-corrected chi connectivity index (χ4v) is 3.38. The second-order valence-electron chi connectivity index (χ2n) is 4.60. The summed E-state index contributed by atoms with van der Waals surface area (Å²) in [4.78, 5) is 0. The zero-order valence-electron chi connectivity index (χ0n) is 11.2. The van der Waals surface area contributed by atoms with Crippen LogP contribution in [0.5, 0.6) is 5.75 Å². The van der Waals surface area contributed by atoms with E-state index in [1.807, 2.05) is 0 Å². The van der Waals surface area contributed by atoms with Crippen LogP contribution >= 0.6 is 0 Å². The number of sulfonamides is 1. The number of hydrogen-bond donors (Lipinski definition) is 1. The molecule has 0 atom stereocenters. The molecular formula is C13H19FN2O3S. The van der Waals surface area contributed by atoms with Gasteiger partial charge in [-0.25, -0.2) is 17.1 Å². The van der Waals surface area contributed by atoms with Crippen LogP contribution in [0.2, 0.25) is 0 Å². The molecule has 0 aliphatic carbocycles. The standard InChI is InChI=1S/C13H19FN2O3S/c14-12-4-1-2-5-13(12)19-10-11-20(17,18)16-8-3-6-15-7-9-16/h1-2,4-5,15H,3,6-11H2. The molecule has 1 fully saturated rings. The van der Waals surface area contributed by atoms with Gasteiger partial charge in [0.15, 0.2) is 11.6 Å². The Labute approximate surface area is 118 Å². The number of hydrogen-bond acceptors (Lipinski definition) is 4. The predicted molar refractivity (Wildman–Crippen MR) is 74.7 cm³/mol. The van der Waals surface area contributed by atoms with E-state index in [9.17, 15) is 12.8 Å². The molecule has 0 saturated carbocycles. The minimum absolute atomic E-state index is 0.0484. The highest BCUT2D eigenvalue weighted by molar-refractivity contribution is 7.89. The van der Waals surface area contributed by atoms with E-state index in [0.717, 1.165) is 13.0 Å². The molecule has 7 heteroatoms. The van der Waals surface area contributed by atoms with Crippen LogP contribution in [0.15, 0.2) is 24.3 Å². The van der Waals surface area contributed by atoms with Crippen molar-refractivity contribution in [1.29, 1.82) is 0 Å². The van der Waals surface area contributed by atoms with E-state index in [-0.39, 0.29) is 18.1 Å². The highest BCUT2D eigenvalue weighted by Gasteiger charge is 2.22. The summed E-state index contributed by atoms with van der Waals surface area (Å²) in [6, 6.07) is 5.97. The van der Waals surface area contributed by atoms with Crippen molar-refractivity contribution in [2.45, 2.75) is 6.42 Å². The van der Waals surface area contributed by atoms with E-state index < -0.39 is 15.8 Å². The summed E-state index contributed by atoms with van der Waals surface area (Å²) in [5.74, 6) is -0.537. The van der Waals surface area contributed by atoms with Crippen LogP contribution in [-0.4, -0.2) is 51.3 Å². The van der Waals surface area contributed by atoms with Crippen molar-refractivity contribution in [3.8, 4) is 5.75 Å². The molecule has 0 radical (unpaired) electrons. The van der Waals surface area contributed by atoms with Crippen molar-refractivity contribution >= 4 is 10.0 Å². The first-order valence-electron chi connectivity index (χ1n) is 6.65. The van der Waals surface area contributed by atoms with Gasteiger partial charge in [-0.05, 0) is 25.1 Å². The Bertz CT molecular complexity index is 528. The van der Waals surface area contributed by atoms with Crippen LogP contribution in [0, 0.1) is 5.82 Å². The Kier molecular flexibility index (Phi) is 5.33. The largest absolute Gasteiger partial charge is 0.489 e. The molecule has 112 valence electrons. The molecule has 5 nitrogen and oxygen atoms in total. The first kappa shape index (κ1) is 15.2. The van der Waals surface area contributed by atoms with Gasteiger partial charge in [0.1, 0.15) is 6.61 Å². The monoisotopic (exact) mass is 302 g/mol. The van der Waals surface area contributed by atoms with Gasteiger partial charge in [-0.3, -0.25) is 0 Å². The van der Waals surface area contributed by atoms with E-state index in [1.165, 1.54) is 16.4 Å². The van der Waals surface area contributed by atoms with Crippen molar-refractivity contribution in [3.05, 3.63) is 30.1 Å². The average Bonchev–Trinajstić information content (AvgIpc) is 2.70. The number of nitrogens with zero attached hydrogens (tertiary/aromatic N) is 1. The second kappa shape index (κ2) is 7.01. The van der Waals surface area contributed by atoms with E-state index >= 15 is 0 Å². The molecule has 1 saturated heterocycles. The molecule has 1 aliphatic heterocycles. The van der Waals surface area contributed by atoms with Gasteiger partial charge in [-0.2, -0.15) is 0 Å². The lowest BCUT2D eigenvalue weighted by molar-refractivity contribution is 0.318. The summed E-state index contributed by atoms with van der Waals surface area (Å²) >= 11 is 0. The Balaban J connectivity index is 1.87. The maximum Gasteiger partial charge on any atom is 0.217 e. The molecule has 0 spiro atoms. The van der Waals surface area contributed by atoms with Crippen LogP contribution in [0.1, 0.15) is 6.42 Å². The molecular weight excluding hydrogens is 283 g/mol. The smallest absolute Gasteiger partial charge is 0.217 e. The number of nitrogens with one attached hydrogen (secondary N) is 1. The number of halogens is 1. The average molecular weight is 302 g/mol. The lowest BCUT2D eigenvalue weighted by Crippen LogP contribution is -2.37. The van der Waals surface area contributed by atoms with Gasteiger partial charge in [-0.15, -0.1) is 0 Å². The van der Waals surface area contributed by atoms with Gasteiger partial charge in [0.2, 0.25) is 10.0 Å². The number of para-hydroxylation sites is 1. The van der Waals surface area contributed by atoms with E-state index in [1.54, 1.807) is 12.1 Å². The molecule has 20 heavy (non-hydrogen) atoms. The Morgan fingerprint density at radius 1 is 1.25 bits per heavy atom. The van der Waals surface area contributed by atoms with Crippen molar-refractivity contribution in [3.63, 3.8) is 0 Å². The highest BCUT2D eigenvalue weighted by atomic mass is 32.2. The maximum absolute atomic E-state index is 13.3. The zero-order chi connectivity index (χ0) is 14.4. The van der Waals surface area contributed by atoms with Gasteiger partial charge < -0.3 is 10.1 Å². The van der Waals surface area contributed by atoms with Crippen molar-refractivity contribution < 1.29 is 17.5 Å². The summed E-state index contributed by atoms with van der Waals surface area (Å²) in [6.45, 7) is 2.44.